The molecule has 0 spiro atoms. The lowest BCUT2D eigenvalue weighted by molar-refractivity contribution is -0.384. The fraction of sp³-hybridized carbons (Fsp3) is 0.312. The average Bonchev–Trinajstić information content (AvgIpc) is 3.41. The van der Waals surface area contributed by atoms with Crippen LogP contribution in [0.3, 0.4) is 0 Å². The van der Waals surface area contributed by atoms with Gasteiger partial charge in [0.25, 0.3) is 17.2 Å². The number of amides is 1. The topological polar surface area (TPSA) is 107 Å². The van der Waals surface area contributed by atoms with Gasteiger partial charge in [-0.3, -0.25) is 24.3 Å². The number of benzene rings is 1. The largest absolute Gasteiger partial charge is 0.350 e. The molecule has 8 nitrogen and oxygen atoms in total. The first kappa shape index (κ1) is 15.9. The highest BCUT2D eigenvalue weighted by Gasteiger charge is 2.25. The summed E-state index contributed by atoms with van der Waals surface area (Å²) in [5.41, 5.74) is 0.970. The van der Waals surface area contributed by atoms with E-state index in [0.717, 1.165) is 18.5 Å². The lowest BCUT2D eigenvalue weighted by Crippen LogP contribution is -2.31. The van der Waals surface area contributed by atoms with Crippen LogP contribution in [-0.2, 0) is 6.54 Å². The van der Waals surface area contributed by atoms with Gasteiger partial charge in [-0.05, 0) is 25.0 Å². The Balaban J connectivity index is 1.55. The number of nitrogens with one attached hydrogen (secondary N) is 1. The molecule has 0 saturated heterocycles. The van der Waals surface area contributed by atoms with Crippen LogP contribution in [0.1, 0.15) is 34.8 Å². The van der Waals surface area contributed by atoms with Crippen molar-refractivity contribution >= 4 is 11.6 Å². The third kappa shape index (κ3) is 3.65. The summed E-state index contributed by atoms with van der Waals surface area (Å²) in [4.78, 5) is 38.3. The minimum absolute atomic E-state index is 0.0695. The molecular formula is C16H16N4O4. The highest BCUT2D eigenvalue weighted by atomic mass is 16.6. The predicted octanol–water partition coefficient (Wildman–Crippen LogP) is 1.46. The van der Waals surface area contributed by atoms with Gasteiger partial charge in [0, 0.05) is 42.8 Å². The van der Waals surface area contributed by atoms with E-state index in [-0.39, 0.29) is 23.7 Å². The van der Waals surface area contributed by atoms with Gasteiger partial charge in [0.15, 0.2) is 0 Å². The van der Waals surface area contributed by atoms with E-state index in [0.29, 0.717) is 18.0 Å². The van der Waals surface area contributed by atoms with E-state index in [4.69, 9.17) is 0 Å². The lowest BCUT2D eigenvalue weighted by atomic mass is 10.2. The number of nitrogens with zero attached hydrogens (tertiary/aromatic N) is 3. The average molecular weight is 328 g/mol. The summed E-state index contributed by atoms with van der Waals surface area (Å²) in [5.74, 6) is 0.0784. The van der Waals surface area contributed by atoms with Crippen molar-refractivity contribution in [1.82, 2.24) is 14.9 Å². The van der Waals surface area contributed by atoms with Crippen LogP contribution in [0, 0.1) is 10.1 Å². The summed E-state index contributed by atoms with van der Waals surface area (Å²) >= 11 is 0. The van der Waals surface area contributed by atoms with Gasteiger partial charge < -0.3 is 5.32 Å². The summed E-state index contributed by atoms with van der Waals surface area (Å²) in [5, 5.41) is 13.3. The molecule has 0 bridgehead atoms. The molecule has 0 unspecified atom stereocenters. The first-order valence-corrected chi connectivity index (χ1v) is 7.63. The maximum Gasteiger partial charge on any atom is 0.269 e. The van der Waals surface area contributed by atoms with Crippen molar-refractivity contribution in [2.75, 3.05) is 6.54 Å². The fourth-order valence-corrected chi connectivity index (χ4v) is 2.34. The Labute approximate surface area is 137 Å². The second kappa shape index (κ2) is 6.61. The molecule has 1 fully saturated rings. The smallest absolute Gasteiger partial charge is 0.269 e. The van der Waals surface area contributed by atoms with Crippen LogP contribution in [0.2, 0.25) is 0 Å². The predicted molar refractivity (Wildman–Crippen MR) is 85.9 cm³/mol. The summed E-state index contributed by atoms with van der Waals surface area (Å²) in [6.07, 6.45) is 3.68. The van der Waals surface area contributed by atoms with Crippen molar-refractivity contribution in [2.24, 2.45) is 0 Å². The van der Waals surface area contributed by atoms with Crippen molar-refractivity contribution in [3.05, 3.63) is 68.4 Å². The van der Waals surface area contributed by atoms with Crippen molar-refractivity contribution < 1.29 is 9.72 Å². The zero-order valence-electron chi connectivity index (χ0n) is 12.8. The van der Waals surface area contributed by atoms with Crippen molar-refractivity contribution in [2.45, 2.75) is 25.3 Å². The van der Waals surface area contributed by atoms with Crippen molar-refractivity contribution in [1.29, 1.82) is 0 Å². The Kier molecular flexibility index (Phi) is 4.37. The third-order valence-corrected chi connectivity index (χ3v) is 3.87. The zero-order valence-corrected chi connectivity index (χ0v) is 12.8. The minimum Gasteiger partial charge on any atom is -0.350 e. The number of nitro groups is 1. The number of rotatable bonds is 6. The molecule has 24 heavy (non-hydrogen) atoms. The first-order valence-electron chi connectivity index (χ1n) is 7.63. The van der Waals surface area contributed by atoms with Crippen LogP contribution in [0.15, 0.2) is 41.5 Å². The Bertz CT molecular complexity index is 825. The molecule has 1 aliphatic rings. The quantitative estimate of drug-likeness (QED) is 0.638. The third-order valence-electron chi connectivity index (χ3n) is 3.87. The van der Waals surface area contributed by atoms with Gasteiger partial charge in [0.05, 0.1) is 16.9 Å². The number of aromatic nitrogens is 2. The standard InChI is InChI=1S/C16H16N4O4/c21-15-9-14(11-1-2-11)18-10-19(15)8-7-17-16(22)12-3-5-13(6-4-12)20(23)24/h3-6,9-11H,1-2,7-8H2,(H,17,22). The molecule has 2 aromatic rings. The van der Waals surface area contributed by atoms with Crippen LogP contribution in [0.4, 0.5) is 5.69 Å². The van der Waals surface area contributed by atoms with E-state index >= 15 is 0 Å². The monoisotopic (exact) mass is 328 g/mol. The van der Waals surface area contributed by atoms with Gasteiger partial charge in [-0.25, -0.2) is 4.98 Å². The van der Waals surface area contributed by atoms with E-state index in [9.17, 15) is 19.7 Å². The van der Waals surface area contributed by atoms with E-state index in [2.05, 4.69) is 10.3 Å². The molecule has 1 heterocycles. The van der Waals surface area contributed by atoms with Crippen LogP contribution in [0.25, 0.3) is 0 Å². The second-order valence-electron chi connectivity index (χ2n) is 5.68. The fourth-order valence-electron chi connectivity index (χ4n) is 2.34. The number of carbonyl (C=O) groups is 1. The van der Waals surface area contributed by atoms with E-state index in [1.54, 1.807) is 6.07 Å². The molecule has 124 valence electrons. The molecule has 1 amide bonds. The number of nitro benzene ring substituents is 1. The van der Waals surface area contributed by atoms with Crippen LogP contribution < -0.4 is 10.9 Å². The molecule has 1 aliphatic carbocycles. The number of carbonyl (C=O) groups excluding carboxylic acids is 1. The lowest BCUT2D eigenvalue weighted by Gasteiger charge is -2.08. The normalized spacial score (nSPS) is 13.5. The van der Waals surface area contributed by atoms with E-state index in [1.165, 1.54) is 35.2 Å². The summed E-state index contributed by atoms with van der Waals surface area (Å²) < 4.78 is 1.45. The number of hydrogen-bond acceptors (Lipinski definition) is 5. The molecule has 1 aromatic carbocycles. The number of non-ortho nitro benzene ring substituents is 1. The van der Waals surface area contributed by atoms with Crippen LogP contribution in [-0.4, -0.2) is 26.9 Å². The molecule has 1 N–H and O–H groups in total. The summed E-state index contributed by atoms with van der Waals surface area (Å²) in [7, 11) is 0. The van der Waals surface area contributed by atoms with E-state index < -0.39 is 4.92 Å². The highest BCUT2D eigenvalue weighted by Crippen LogP contribution is 2.38. The molecule has 1 aromatic heterocycles. The molecule has 8 heteroatoms. The van der Waals surface area contributed by atoms with Gasteiger partial charge in [0.1, 0.15) is 0 Å². The van der Waals surface area contributed by atoms with Crippen LogP contribution in [0.5, 0.6) is 0 Å². The second-order valence-corrected chi connectivity index (χ2v) is 5.68. The van der Waals surface area contributed by atoms with Gasteiger partial charge in [-0.1, -0.05) is 0 Å². The maximum atomic E-state index is 12.0. The van der Waals surface area contributed by atoms with Gasteiger partial charge in [0.2, 0.25) is 0 Å². The zero-order chi connectivity index (χ0) is 17.1. The van der Waals surface area contributed by atoms with Gasteiger partial charge >= 0.3 is 0 Å². The molecule has 0 aliphatic heterocycles. The first-order chi connectivity index (χ1) is 11.5. The Morgan fingerprint density at radius 2 is 2.04 bits per heavy atom. The Morgan fingerprint density at radius 3 is 2.62 bits per heavy atom. The summed E-state index contributed by atoms with van der Waals surface area (Å²) in [6, 6.07) is 6.90. The highest BCUT2D eigenvalue weighted by molar-refractivity contribution is 5.94. The Morgan fingerprint density at radius 1 is 1.33 bits per heavy atom. The molecule has 3 rings (SSSR count). The van der Waals surface area contributed by atoms with Crippen LogP contribution >= 0.6 is 0 Å². The Hall–Kier alpha value is -3.03. The SMILES string of the molecule is O=C(NCCn1cnc(C2CC2)cc1=O)c1ccc([N+](=O)[O-])cc1. The summed E-state index contributed by atoms with van der Waals surface area (Å²) in [6.45, 7) is 0.579. The molecule has 0 atom stereocenters. The molecule has 1 saturated carbocycles. The van der Waals surface area contributed by atoms with Gasteiger partial charge in [-0.15, -0.1) is 0 Å². The maximum absolute atomic E-state index is 12.0. The number of hydrogen-bond donors (Lipinski definition) is 1. The van der Waals surface area contributed by atoms with Crippen molar-refractivity contribution in [3.63, 3.8) is 0 Å². The molecule has 0 radical (unpaired) electrons. The van der Waals surface area contributed by atoms with Crippen molar-refractivity contribution in [3.8, 4) is 0 Å². The minimum atomic E-state index is -0.521. The van der Waals surface area contributed by atoms with E-state index in [1.807, 2.05) is 0 Å². The molecular weight excluding hydrogens is 312 g/mol. The van der Waals surface area contributed by atoms with Gasteiger partial charge in [-0.2, -0.15) is 0 Å².